The Balaban J connectivity index is 1.94. The molecule has 2 rings (SSSR count). The standard InChI is InChI=1S/C16H28N2O2/c1-5-18(6-2)15-10-12(16(15,3)4)9-13-11-14(7-8-19)20-17-13/h11-12,15,19H,5-10H2,1-4H3/t12-,15+/m1/s1. The Bertz CT molecular complexity index is 424. The number of rotatable bonds is 7. The van der Waals surface area contributed by atoms with Gasteiger partial charge in [0.2, 0.25) is 0 Å². The number of aliphatic hydroxyl groups is 1. The summed E-state index contributed by atoms with van der Waals surface area (Å²) in [6, 6.07) is 2.68. The van der Waals surface area contributed by atoms with Crippen molar-refractivity contribution in [1.82, 2.24) is 10.1 Å². The van der Waals surface area contributed by atoms with Gasteiger partial charge in [0.1, 0.15) is 5.76 Å². The highest BCUT2D eigenvalue weighted by atomic mass is 16.5. The second-order valence-electron chi connectivity index (χ2n) is 6.45. The normalized spacial score (nSPS) is 24.9. The summed E-state index contributed by atoms with van der Waals surface area (Å²) in [7, 11) is 0. The molecule has 4 nitrogen and oxygen atoms in total. The van der Waals surface area contributed by atoms with Gasteiger partial charge >= 0.3 is 0 Å². The van der Waals surface area contributed by atoms with Crippen molar-refractivity contribution in [3.63, 3.8) is 0 Å². The summed E-state index contributed by atoms with van der Waals surface area (Å²) in [4.78, 5) is 2.57. The molecule has 1 heterocycles. The fourth-order valence-electron chi connectivity index (χ4n) is 3.55. The summed E-state index contributed by atoms with van der Waals surface area (Å²) < 4.78 is 5.24. The van der Waals surface area contributed by atoms with Crippen molar-refractivity contribution >= 4 is 0 Å². The molecule has 0 unspecified atom stereocenters. The third kappa shape index (κ3) is 2.91. The molecule has 0 saturated heterocycles. The number of aliphatic hydroxyl groups excluding tert-OH is 1. The lowest BCUT2D eigenvalue weighted by Gasteiger charge is -2.56. The van der Waals surface area contributed by atoms with Crippen LogP contribution in [0.1, 0.15) is 45.6 Å². The minimum Gasteiger partial charge on any atom is -0.396 e. The average molecular weight is 280 g/mol. The van der Waals surface area contributed by atoms with E-state index in [1.165, 1.54) is 6.42 Å². The van der Waals surface area contributed by atoms with Crippen LogP contribution in [0.5, 0.6) is 0 Å². The Morgan fingerprint density at radius 1 is 1.40 bits per heavy atom. The quantitative estimate of drug-likeness (QED) is 0.834. The minimum absolute atomic E-state index is 0.119. The van der Waals surface area contributed by atoms with Crippen molar-refractivity contribution in [2.75, 3.05) is 19.7 Å². The zero-order chi connectivity index (χ0) is 14.8. The summed E-state index contributed by atoms with van der Waals surface area (Å²) in [6.45, 7) is 11.6. The number of nitrogens with zero attached hydrogens (tertiary/aromatic N) is 2. The topological polar surface area (TPSA) is 49.5 Å². The molecule has 0 radical (unpaired) electrons. The summed E-state index contributed by atoms with van der Waals surface area (Å²) in [5.74, 6) is 1.46. The van der Waals surface area contributed by atoms with E-state index in [0.29, 0.717) is 23.8 Å². The van der Waals surface area contributed by atoms with Crippen molar-refractivity contribution in [2.45, 2.75) is 53.0 Å². The van der Waals surface area contributed by atoms with Gasteiger partial charge in [-0.05, 0) is 37.3 Å². The number of hydrogen-bond donors (Lipinski definition) is 1. The van der Waals surface area contributed by atoms with Crippen LogP contribution in [-0.2, 0) is 12.8 Å². The second kappa shape index (κ2) is 6.27. The molecule has 4 heteroatoms. The molecule has 0 spiro atoms. The fourth-order valence-corrected chi connectivity index (χ4v) is 3.55. The molecule has 0 aromatic carbocycles. The van der Waals surface area contributed by atoms with Crippen LogP contribution in [-0.4, -0.2) is 40.9 Å². The highest BCUT2D eigenvalue weighted by Gasteiger charge is 2.49. The molecule has 1 aromatic rings. The maximum absolute atomic E-state index is 8.91. The van der Waals surface area contributed by atoms with Gasteiger partial charge in [-0.1, -0.05) is 32.9 Å². The Labute approximate surface area is 122 Å². The van der Waals surface area contributed by atoms with Crippen LogP contribution in [0.25, 0.3) is 0 Å². The van der Waals surface area contributed by atoms with Crippen molar-refractivity contribution in [3.8, 4) is 0 Å². The monoisotopic (exact) mass is 280 g/mol. The third-order valence-corrected chi connectivity index (χ3v) is 5.09. The Kier molecular flexibility index (Phi) is 4.86. The Morgan fingerprint density at radius 3 is 2.65 bits per heavy atom. The van der Waals surface area contributed by atoms with Crippen molar-refractivity contribution in [1.29, 1.82) is 0 Å². The lowest BCUT2D eigenvalue weighted by atomic mass is 9.56. The third-order valence-electron chi connectivity index (χ3n) is 5.09. The number of hydrogen-bond acceptors (Lipinski definition) is 4. The molecule has 0 amide bonds. The molecule has 0 aliphatic heterocycles. The van der Waals surface area contributed by atoms with E-state index >= 15 is 0 Å². The maximum Gasteiger partial charge on any atom is 0.139 e. The Hall–Kier alpha value is -0.870. The first kappa shape index (κ1) is 15.5. The smallest absolute Gasteiger partial charge is 0.139 e. The van der Waals surface area contributed by atoms with Crippen LogP contribution in [0.15, 0.2) is 10.6 Å². The number of aromatic nitrogens is 1. The van der Waals surface area contributed by atoms with Crippen LogP contribution < -0.4 is 0 Å². The first-order valence-corrected chi connectivity index (χ1v) is 7.82. The van der Waals surface area contributed by atoms with E-state index in [9.17, 15) is 0 Å². The molecule has 0 bridgehead atoms. The molecular formula is C16H28N2O2. The first-order chi connectivity index (χ1) is 9.52. The minimum atomic E-state index is 0.119. The molecular weight excluding hydrogens is 252 g/mol. The van der Waals surface area contributed by atoms with Gasteiger partial charge < -0.3 is 14.5 Å². The summed E-state index contributed by atoms with van der Waals surface area (Å²) in [6.07, 6.45) is 2.79. The molecule has 114 valence electrons. The van der Waals surface area contributed by atoms with Gasteiger partial charge in [-0.15, -0.1) is 0 Å². The van der Waals surface area contributed by atoms with Gasteiger partial charge in [0.05, 0.1) is 12.3 Å². The Morgan fingerprint density at radius 2 is 2.10 bits per heavy atom. The van der Waals surface area contributed by atoms with E-state index in [1.807, 2.05) is 6.07 Å². The largest absolute Gasteiger partial charge is 0.396 e. The van der Waals surface area contributed by atoms with Gasteiger partial charge in [0.15, 0.2) is 0 Å². The highest BCUT2D eigenvalue weighted by Crippen LogP contribution is 2.50. The van der Waals surface area contributed by atoms with E-state index in [2.05, 4.69) is 37.8 Å². The van der Waals surface area contributed by atoms with Crippen LogP contribution >= 0.6 is 0 Å². The van der Waals surface area contributed by atoms with E-state index in [0.717, 1.165) is 31.0 Å². The zero-order valence-electron chi connectivity index (χ0n) is 13.2. The highest BCUT2D eigenvalue weighted by molar-refractivity contribution is 5.11. The van der Waals surface area contributed by atoms with Crippen LogP contribution in [0, 0.1) is 11.3 Å². The molecule has 2 atom stereocenters. The fraction of sp³-hybridized carbons (Fsp3) is 0.812. The molecule has 1 fully saturated rings. The first-order valence-electron chi connectivity index (χ1n) is 7.82. The lowest BCUT2D eigenvalue weighted by Crippen LogP contribution is -2.58. The summed E-state index contributed by atoms with van der Waals surface area (Å²) in [5.41, 5.74) is 1.37. The predicted octanol–water partition coefficient (Wildman–Crippen LogP) is 2.51. The molecule has 1 aliphatic carbocycles. The summed E-state index contributed by atoms with van der Waals surface area (Å²) in [5, 5.41) is 13.0. The van der Waals surface area contributed by atoms with Gasteiger partial charge in [0, 0.05) is 18.5 Å². The summed E-state index contributed by atoms with van der Waals surface area (Å²) >= 11 is 0. The molecule has 1 aromatic heterocycles. The molecule has 1 aliphatic rings. The molecule has 20 heavy (non-hydrogen) atoms. The van der Waals surface area contributed by atoms with Crippen LogP contribution in [0.3, 0.4) is 0 Å². The van der Waals surface area contributed by atoms with Crippen molar-refractivity contribution in [3.05, 3.63) is 17.5 Å². The van der Waals surface area contributed by atoms with Crippen molar-refractivity contribution < 1.29 is 9.63 Å². The van der Waals surface area contributed by atoms with E-state index in [-0.39, 0.29) is 6.61 Å². The molecule has 1 N–H and O–H groups in total. The zero-order valence-corrected chi connectivity index (χ0v) is 13.2. The van der Waals surface area contributed by atoms with Crippen LogP contribution in [0.4, 0.5) is 0 Å². The van der Waals surface area contributed by atoms with Crippen LogP contribution in [0.2, 0.25) is 0 Å². The van der Waals surface area contributed by atoms with E-state index < -0.39 is 0 Å². The van der Waals surface area contributed by atoms with Gasteiger partial charge in [-0.3, -0.25) is 0 Å². The van der Waals surface area contributed by atoms with Gasteiger partial charge in [-0.25, -0.2) is 0 Å². The van der Waals surface area contributed by atoms with Crippen molar-refractivity contribution in [2.24, 2.45) is 11.3 Å². The maximum atomic E-state index is 8.91. The lowest BCUT2D eigenvalue weighted by molar-refractivity contribution is -0.0592. The van der Waals surface area contributed by atoms with E-state index in [1.54, 1.807) is 0 Å². The average Bonchev–Trinajstić information content (AvgIpc) is 2.86. The van der Waals surface area contributed by atoms with Gasteiger partial charge in [0.25, 0.3) is 0 Å². The second-order valence-corrected chi connectivity index (χ2v) is 6.45. The van der Waals surface area contributed by atoms with E-state index in [4.69, 9.17) is 9.63 Å². The SMILES string of the molecule is CCN(CC)[C@H]1C[C@@H](Cc2cc(CCO)on2)C1(C)C. The molecule has 1 saturated carbocycles. The predicted molar refractivity (Wildman–Crippen MR) is 79.6 cm³/mol. The van der Waals surface area contributed by atoms with Gasteiger partial charge in [-0.2, -0.15) is 0 Å².